The molecular formula is C20H24F3N3O. The fourth-order valence-corrected chi connectivity index (χ4v) is 3.51. The molecule has 0 spiro atoms. The Morgan fingerprint density at radius 2 is 1.89 bits per heavy atom. The van der Waals surface area contributed by atoms with Gasteiger partial charge >= 0.3 is 6.18 Å². The summed E-state index contributed by atoms with van der Waals surface area (Å²) in [5.41, 5.74) is 1.64. The predicted molar refractivity (Wildman–Crippen MR) is 98.5 cm³/mol. The minimum atomic E-state index is -4.44. The van der Waals surface area contributed by atoms with Crippen LogP contribution in [0.3, 0.4) is 0 Å². The summed E-state index contributed by atoms with van der Waals surface area (Å²) in [4.78, 5) is 7.93. The SMILES string of the molecule is Cc1ccc(CN2CCN(c3ncccc3C(F)(F)F)C[C@H]2CCO)cc1. The van der Waals surface area contributed by atoms with E-state index in [1.165, 1.54) is 17.8 Å². The third-order valence-electron chi connectivity index (χ3n) is 4.96. The number of halogens is 3. The van der Waals surface area contributed by atoms with Gasteiger partial charge in [0.05, 0.1) is 5.56 Å². The molecule has 0 amide bonds. The van der Waals surface area contributed by atoms with Crippen molar-refractivity contribution in [2.45, 2.75) is 32.1 Å². The van der Waals surface area contributed by atoms with Crippen LogP contribution in [0.15, 0.2) is 42.6 Å². The largest absolute Gasteiger partial charge is 0.419 e. The van der Waals surface area contributed by atoms with Crippen molar-refractivity contribution in [1.29, 1.82) is 0 Å². The highest BCUT2D eigenvalue weighted by atomic mass is 19.4. The van der Waals surface area contributed by atoms with Crippen LogP contribution in [0.1, 0.15) is 23.1 Å². The Hall–Kier alpha value is -2.12. The molecule has 1 N–H and O–H groups in total. The molecule has 4 nitrogen and oxygen atoms in total. The number of aromatic nitrogens is 1. The Balaban J connectivity index is 1.77. The fraction of sp³-hybridized carbons (Fsp3) is 0.450. The van der Waals surface area contributed by atoms with Crippen molar-refractivity contribution >= 4 is 5.82 Å². The van der Waals surface area contributed by atoms with Gasteiger partial charge in [-0.15, -0.1) is 0 Å². The first-order chi connectivity index (χ1) is 12.9. The normalized spacial score (nSPS) is 18.7. The Kier molecular flexibility index (Phi) is 6.01. The second kappa shape index (κ2) is 8.27. The summed E-state index contributed by atoms with van der Waals surface area (Å²) in [6.07, 6.45) is -2.53. The van der Waals surface area contributed by atoms with Crippen LogP contribution in [0.5, 0.6) is 0 Å². The molecule has 1 saturated heterocycles. The minimum absolute atomic E-state index is 0.00273. The highest BCUT2D eigenvalue weighted by Crippen LogP contribution is 2.36. The lowest BCUT2D eigenvalue weighted by molar-refractivity contribution is -0.137. The highest BCUT2D eigenvalue weighted by Gasteiger charge is 2.37. The maximum absolute atomic E-state index is 13.3. The molecule has 1 atom stereocenters. The number of aryl methyl sites for hydroxylation is 1. The first kappa shape index (κ1) is 19.6. The molecule has 2 heterocycles. The van der Waals surface area contributed by atoms with E-state index in [-0.39, 0.29) is 18.5 Å². The molecular weight excluding hydrogens is 355 g/mol. The van der Waals surface area contributed by atoms with Crippen molar-refractivity contribution in [3.8, 4) is 0 Å². The van der Waals surface area contributed by atoms with Gasteiger partial charge in [-0.05, 0) is 31.0 Å². The second-order valence-corrected chi connectivity index (χ2v) is 6.94. The van der Waals surface area contributed by atoms with E-state index < -0.39 is 11.7 Å². The first-order valence-corrected chi connectivity index (χ1v) is 9.06. The number of anilines is 1. The number of aliphatic hydroxyl groups is 1. The summed E-state index contributed by atoms with van der Waals surface area (Å²) in [5, 5.41) is 9.44. The summed E-state index contributed by atoms with van der Waals surface area (Å²) >= 11 is 0. The lowest BCUT2D eigenvalue weighted by Crippen LogP contribution is -2.53. The first-order valence-electron chi connectivity index (χ1n) is 9.06. The third kappa shape index (κ3) is 4.78. The topological polar surface area (TPSA) is 39.6 Å². The van der Waals surface area contributed by atoms with Crippen molar-refractivity contribution in [2.75, 3.05) is 31.1 Å². The molecule has 27 heavy (non-hydrogen) atoms. The van der Waals surface area contributed by atoms with Crippen LogP contribution >= 0.6 is 0 Å². The number of hydrogen-bond donors (Lipinski definition) is 1. The van der Waals surface area contributed by atoms with Crippen LogP contribution in [-0.4, -0.2) is 47.3 Å². The van der Waals surface area contributed by atoms with E-state index in [2.05, 4.69) is 34.1 Å². The minimum Gasteiger partial charge on any atom is -0.396 e. The Morgan fingerprint density at radius 1 is 1.15 bits per heavy atom. The monoisotopic (exact) mass is 379 g/mol. The number of alkyl halides is 3. The van der Waals surface area contributed by atoms with Crippen LogP contribution in [0, 0.1) is 6.92 Å². The van der Waals surface area contributed by atoms with Crippen LogP contribution < -0.4 is 4.90 Å². The summed E-state index contributed by atoms with van der Waals surface area (Å²) < 4.78 is 40.0. The standard InChI is InChI=1S/C20H24F3N3O/c1-15-4-6-16(7-5-15)13-25-10-11-26(14-17(25)8-12-27)19-18(20(21,22)23)3-2-9-24-19/h2-7,9,17,27H,8,10-14H2,1H3/t17-/m1/s1. The zero-order chi connectivity index (χ0) is 19.4. The average Bonchev–Trinajstić information content (AvgIpc) is 2.64. The molecule has 146 valence electrons. The number of nitrogens with zero attached hydrogens (tertiary/aromatic N) is 3. The summed E-state index contributed by atoms with van der Waals surface area (Å²) in [7, 11) is 0. The Bertz CT molecular complexity index is 749. The molecule has 0 radical (unpaired) electrons. The average molecular weight is 379 g/mol. The Morgan fingerprint density at radius 3 is 2.56 bits per heavy atom. The smallest absolute Gasteiger partial charge is 0.396 e. The molecule has 1 fully saturated rings. The number of rotatable bonds is 5. The van der Waals surface area contributed by atoms with Crippen molar-refractivity contribution in [3.63, 3.8) is 0 Å². The quantitative estimate of drug-likeness (QED) is 0.864. The Labute approximate surface area is 157 Å². The molecule has 1 aromatic heterocycles. The molecule has 3 rings (SSSR count). The van der Waals surface area contributed by atoms with Gasteiger partial charge in [0.25, 0.3) is 0 Å². The van der Waals surface area contributed by atoms with Crippen LogP contribution in [0.2, 0.25) is 0 Å². The van der Waals surface area contributed by atoms with Gasteiger partial charge in [0.2, 0.25) is 0 Å². The van der Waals surface area contributed by atoms with Crippen LogP contribution in [0.4, 0.5) is 19.0 Å². The van der Waals surface area contributed by atoms with Crippen molar-refractivity contribution in [3.05, 3.63) is 59.3 Å². The number of benzene rings is 1. The summed E-state index contributed by atoms with van der Waals surface area (Å²) in [6.45, 7) is 4.24. The fourth-order valence-electron chi connectivity index (χ4n) is 3.51. The number of aliphatic hydroxyl groups excluding tert-OH is 1. The van der Waals surface area contributed by atoms with Gasteiger partial charge in [0, 0.05) is 45.0 Å². The zero-order valence-corrected chi connectivity index (χ0v) is 15.3. The van der Waals surface area contributed by atoms with Crippen molar-refractivity contribution in [1.82, 2.24) is 9.88 Å². The molecule has 1 aliphatic rings. The van der Waals surface area contributed by atoms with E-state index in [0.717, 1.165) is 11.6 Å². The third-order valence-corrected chi connectivity index (χ3v) is 4.96. The van der Waals surface area contributed by atoms with Gasteiger partial charge in [-0.3, -0.25) is 4.90 Å². The van der Waals surface area contributed by atoms with Crippen molar-refractivity contribution in [2.24, 2.45) is 0 Å². The van der Waals surface area contributed by atoms with E-state index >= 15 is 0 Å². The second-order valence-electron chi connectivity index (χ2n) is 6.94. The molecule has 1 aliphatic heterocycles. The number of pyridine rings is 1. The van der Waals surface area contributed by atoms with E-state index in [1.54, 1.807) is 4.90 Å². The van der Waals surface area contributed by atoms with E-state index in [4.69, 9.17) is 0 Å². The van der Waals surface area contributed by atoms with Gasteiger partial charge in [-0.25, -0.2) is 4.98 Å². The van der Waals surface area contributed by atoms with E-state index in [9.17, 15) is 18.3 Å². The van der Waals surface area contributed by atoms with Gasteiger partial charge < -0.3 is 10.0 Å². The van der Waals surface area contributed by atoms with Gasteiger partial charge in [0.1, 0.15) is 5.82 Å². The maximum Gasteiger partial charge on any atom is 0.419 e. The molecule has 7 heteroatoms. The molecule has 0 aliphatic carbocycles. The summed E-state index contributed by atoms with van der Waals surface area (Å²) in [5.74, 6) is -0.0251. The summed E-state index contributed by atoms with van der Waals surface area (Å²) in [6, 6.07) is 10.6. The zero-order valence-electron chi connectivity index (χ0n) is 15.3. The molecule has 2 aromatic rings. The molecule has 0 unspecified atom stereocenters. The van der Waals surface area contributed by atoms with Crippen molar-refractivity contribution < 1.29 is 18.3 Å². The molecule has 0 saturated carbocycles. The predicted octanol–water partition coefficient (Wildman–Crippen LogP) is 3.48. The number of piperazine rings is 1. The maximum atomic E-state index is 13.3. The lowest BCUT2D eigenvalue weighted by atomic mass is 10.1. The van der Waals surface area contributed by atoms with Gasteiger partial charge in [0.15, 0.2) is 0 Å². The van der Waals surface area contributed by atoms with Gasteiger partial charge in [-0.1, -0.05) is 29.8 Å². The van der Waals surface area contributed by atoms with Gasteiger partial charge in [-0.2, -0.15) is 13.2 Å². The molecule has 1 aromatic carbocycles. The lowest BCUT2D eigenvalue weighted by Gasteiger charge is -2.42. The molecule has 0 bridgehead atoms. The number of hydrogen-bond acceptors (Lipinski definition) is 4. The van der Waals surface area contributed by atoms with E-state index in [0.29, 0.717) is 32.6 Å². The highest BCUT2D eigenvalue weighted by molar-refractivity contribution is 5.49. The van der Waals surface area contributed by atoms with Crippen LogP contribution in [0.25, 0.3) is 0 Å². The van der Waals surface area contributed by atoms with E-state index in [1.807, 2.05) is 6.92 Å². The van der Waals surface area contributed by atoms with Crippen LogP contribution in [-0.2, 0) is 12.7 Å².